The molecule has 0 amide bonds. The Kier molecular flexibility index (Phi) is 5.52. The Morgan fingerprint density at radius 2 is 2.07 bits per heavy atom. The molecule has 0 unspecified atom stereocenters. The Morgan fingerprint density at radius 1 is 1.43 bits per heavy atom. The summed E-state index contributed by atoms with van der Waals surface area (Å²) in [5.41, 5.74) is 0.584. The standard InChI is InChI=1S/C10H12NO2.HI/c1-8(12)6-10(13)9-4-3-5-11(2)7-9;/h3-5,7H,6H2,1-2H3;1H/q+1;/p-1. The van der Waals surface area contributed by atoms with Gasteiger partial charge < -0.3 is 24.0 Å². The second-order valence-electron chi connectivity index (χ2n) is 3.06. The number of ketones is 2. The molecule has 3 nitrogen and oxygen atoms in total. The Bertz CT molecular complexity index is 350. The molecule has 0 fully saturated rings. The lowest BCUT2D eigenvalue weighted by atomic mass is 10.1. The molecule has 0 atom stereocenters. The predicted octanol–water partition coefficient (Wildman–Crippen LogP) is -2.32. The first-order valence-corrected chi connectivity index (χ1v) is 4.07. The van der Waals surface area contributed by atoms with E-state index in [1.54, 1.807) is 22.9 Å². The number of aryl methyl sites for hydroxylation is 1. The summed E-state index contributed by atoms with van der Waals surface area (Å²) in [7, 11) is 1.84. The van der Waals surface area contributed by atoms with Crippen LogP contribution in [0, 0.1) is 0 Å². The van der Waals surface area contributed by atoms with E-state index in [2.05, 4.69) is 0 Å². The SMILES string of the molecule is CC(=O)CC(=O)c1ccc[n+](C)c1.[I-]. The minimum absolute atomic E-state index is 0. The summed E-state index contributed by atoms with van der Waals surface area (Å²) in [4.78, 5) is 22.1. The van der Waals surface area contributed by atoms with Gasteiger partial charge in [-0.3, -0.25) is 9.59 Å². The highest BCUT2D eigenvalue weighted by Crippen LogP contribution is 1.99. The largest absolute Gasteiger partial charge is 1.00 e. The van der Waals surface area contributed by atoms with Crippen molar-refractivity contribution in [3.05, 3.63) is 30.1 Å². The Labute approximate surface area is 100 Å². The molecule has 1 heterocycles. The fourth-order valence-electron chi connectivity index (χ4n) is 1.08. The number of Topliss-reactive ketones (excluding diaryl/α,β-unsaturated/α-hetero) is 2. The maximum Gasteiger partial charge on any atom is 0.179 e. The zero-order chi connectivity index (χ0) is 9.84. The molecule has 0 aromatic carbocycles. The number of pyridine rings is 1. The van der Waals surface area contributed by atoms with Gasteiger partial charge in [0.1, 0.15) is 12.8 Å². The minimum atomic E-state index is -0.122. The van der Waals surface area contributed by atoms with Crippen molar-refractivity contribution in [1.29, 1.82) is 0 Å². The third-order valence-corrected chi connectivity index (χ3v) is 1.67. The number of halogens is 1. The maximum absolute atomic E-state index is 11.4. The molecule has 0 spiro atoms. The zero-order valence-electron chi connectivity index (χ0n) is 8.16. The third kappa shape index (κ3) is 3.95. The molecular weight excluding hydrogens is 293 g/mol. The monoisotopic (exact) mass is 305 g/mol. The van der Waals surface area contributed by atoms with Crippen LogP contribution in [0.4, 0.5) is 0 Å². The second kappa shape index (κ2) is 5.85. The summed E-state index contributed by atoms with van der Waals surface area (Å²) < 4.78 is 1.79. The van der Waals surface area contributed by atoms with Crippen LogP contribution in [0.25, 0.3) is 0 Å². The first kappa shape index (κ1) is 13.2. The molecule has 1 aromatic heterocycles. The van der Waals surface area contributed by atoms with Crippen LogP contribution in [0.1, 0.15) is 23.7 Å². The van der Waals surface area contributed by atoms with Gasteiger partial charge in [0.2, 0.25) is 0 Å². The minimum Gasteiger partial charge on any atom is -1.00 e. The van der Waals surface area contributed by atoms with Gasteiger partial charge in [-0.25, -0.2) is 4.57 Å². The molecule has 0 aliphatic rings. The van der Waals surface area contributed by atoms with Crippen LogP contribution in [0.5, 0.6) is 0 Å². The van der Waals surface area contributed by atoms with Crippen molar-refractivity contribution in [3.63, 3.8) is 0 Å². The average molecular weight is 305 g/mol. The van der Waals surface area contributed by atoms with Crippen LogP contribution >= 0.6 is 0 Å². The molecule has 0 aliphatic heterocycles. The van der Waals surface area contributed by atoms with Crippen molar-refractivity contribution in [2.45, 2.75) is 13.3 Å². The van der Waals surface area contributed by atoms with E-state index >= 15 is 0 Å². The maximum atomic E-state index is 11.4. The van der Waals surface area contributed by atoms with Crippen LogP contribution in [-0.2, 0) is 11.8 Å². The highest BCUT2D eigenvalue weighted by atomic mass is 127. The van der Waals surface area contributed by atoms with Gasteiger partial charge in [0, 0.05) is 6.07 Å². The first-order valence-electron chi connectivity index (χ1n) is 4.07. The molecule has 4 heteroatoms. The molecule has 0 radical (unpaired) electrons. The molecule has 0 saturated heterocycles. The summed E-state index contributed by atoms with van der Waals surface area (Å²) in [6, 6.07) is 3.50. The second-order valence-corrected chi connectivity index (χ2v) is 3.06. The lowest BCUT2D eigenvalue weighted by molar-refractivity contribution is -0.671. The van der Waals surface area contributed by atoms with Crippen LogP contribution in [-0.4, -0.2) is 11.6 Å². The quantitative estimate of drug-likeness (QED) is 0.272. The van der Waals surface area contributed by atoms with E-state index in [0.717, 1.165) is 0 Å². The lowest BCUT2D eigenvalue weighted by Gasteiger charge is -1.95. The Hall–Kier alpha value is -0.780. The van der Waals surface area contributed by atoms with Gasteiger partial charge >= 0.3 is 0 Å². The van der Waals surface area contributed by atoms with Crippen molar-refractivity contribution in [1.82, 2.24) is 0 Å². The van der Waals surface area contributed by atoms with Crippen LogP contribution in [0.2, 0.25) is 0 Å². The van der Waals surface area contributed by atoms with E-state index in [1.807, 2.05) is 13.2 Å². The average Bonchev–Trinajstić information content (AvgIpc) is 2.03. The highest BCUT2D eigenvalue weighted by molar-refractivity contribution is 6.06. The van der Waals surface area contributed by atoms with E-state index in [1.165, 1.54) is 6.92 Å². The van der Waals surface area contributed by atoms with Crippen molar-refractivity contribution >= 4 is 11.6 Å². The zero-order valence-corrected chi connectivity index (χ0v) is 10.3. The van der Waals surface area contributed by atoms with Gasteiger partial charge in [0.15, 0.2) is 18.2 Å². The fourth-order valence-corrected chi connectivity index (χ4v) is 1.08. The van der Waals surface area contributed by atoms with Gasteiger partial charge in [0.05, 0.1) is 12.0 Å². The number of carbonyl (C=O) groups is 2. The number of hydrogen-bond donors (Lipinski definition) is 0. The molecule has 76 valence electrons. The van der Waals surface area contributed by atoms with Crippen molar-refractivity contribution < 1.29 is 38.1 Å². The van der Waals surface area contributed by atoms with Gasteiger partial charge in [-0.05, 0) is 13.0 Å². The third-order valence-electron chi connectivity index (χ3n) is 1.67. The van der Waals surface area contributed by atoms with Gasteiger partial charge in [-0.15, -0.1) is 0 Å². The topological polar surface area (TPSA) is 38.0 Å². The Morgan fingerprint density at radius 3 is 2.57 bits per heavy atom. The normalized spacial score (nSPS) is 9.00. The van der Waals surface area contributed by atoms with Crippen molar-refractivity contribution in [3.8, 4) is 0 Å². The summed E-state index contributed by atoms with van der Waals surface area (Å²) in [6.07, 6.45) is 3.54. The predicted molar refractivity (Wildman–Crippen MR) is 47.2 cm³/mol. The van der Waals surface area contributed by atoms with E-state index < -0.39 is 0 Å². The number of rotatable bonds is 3. The van der Waals surface area contributed by atoms with Crippen LogP contribution < -0.4 is 28.5 Å². The highest BCUT2D eigenvalue weighted by Gasteiger charge is 2.10. The van der Waals surface area contributed by atoms with E-state index in [9.17, 15) is 9.59 Å². The first-order chi connectivity index (χ1) is 6.09. The number of aromatic nitrogens is 1. The summed E-state index contributed by atoms with van der Waals surface area (Å²) >= 11 is 0. The fraction of sp³-hybridized carbons (Fsp3) is 0.300. The van der Waals surface area contributed by atoms with E-state index in [4.69, 9.17) is 0 Å². The van der Waals surface area contributed by atoms with Gasteiger partial charge in [-0.1, -0.05) is 0 Å². The molecule has 0 saturated carbocycles. The number of hydrogen-bond acceptors (Lipinski definition) is 2. The van der Waals surface area contributed by atoms with Crippen LogP contribution in [0.15, 0.2) is 24.5 Å². The molecule has 0 bridgehead atoms. The van der Waals surface area contributed by atoms with Crippen molar-refractivity contribution in [2.24, 2.45) is 7.05 Å². The van der Waals surface area contributed by atoms with E-state index in [-0.39, 0.29) is 42.0 Å². The molecular formula is C10H12INO2. The van der Waals surface area contributed by atoms with Crippen molar-refractivity contribution in [2.75, 3.05) is 0 Å². The Balaban J connectivity index is 0.00000169. The summed E-state index contributed by atoms with van der Waals surface area (Å²) in [5.74, 6) is -0.222. The molecule has 0 N–H and O–H groups in total. The molecule has 1 rings (SSSR count). The number of carbonyl (C=O) groups excluding carboxylic acids is 2. The molecule has 0 aliphatic carbocycles. The lowest BCUT2D eigenvalue weighted by Crippen LogP contribution is -3.00. The summed E-state index contributed by atoms with van der Waals surface area (Å²) in [6.45, 7) is 1.42. The van der Waals surface area contributed by atoms with E-state index in [0.29, 0.717) is 5.56 Å². The summed E-state index contributed by atoms with van der Waals surface area (Å²) in [5, 5.41) is 0. The van der Waals surface area contributed by atoms with Gasteiger partial charge in [-0.2, -0.15) is 0 Å². The number of nitrogens with zero attached hydrogens (tertiary/aromatic N) is 1. The molecule has 1 aromatic rings. The van der Waals surface area contributed by atoms with Crippen LogP contribution in [0.3, 0.4) is 0 Å². The van der Waals surface area contributed by atoms with Gasteiger partial charge in [0.25, 0.3) is 0 Å². The smallest absolute Gasteiger partial charge is 0.179 e. The molecule has 14 heavy (non-hydrogen) atoms.